The Hall–Kier alpha value is -2.98. The number of carbonyl (C=O) groups excluding carboxylic acids is 1. The molecule has 1 aromatic heterocycles. The smallest absolute Gasteiger partial charge is 0.167 e. The number of ketones is 1. The zero-order valence-corrected chi connectivity index (χ0v) is 14.5. The van der Waals surface area contributed by atoms with Crippen molar-refractivity contribution in [2.75, 3.05) is 13.2 Å². The fourth-order valence-corrected chi connectivity index (χ4v) is 2.51. The molecule has 0 aliphatic carbocycles. The highest BCUT2D eigenvalue weighted by Gasteiger charge is 2.07. The molecule has 0 N–H and O–H groups in total. The first-order valence-electron chi connectivity index (χ1n) is 8.58. The molecule has 0 atom stereocenters. The highest BCUT2D eigenvalue weighted by molar-refractivity contribution is 5.97. The second-order valence-electron chi connectivity index (χ2n) is 5.87. The van der Waals surface area contributed by atoms with Crippen LogP contribution in [0.1, 0.15) is 21.5 Å². The molecule has 3 aromatic rings. The van der Waals surface area contributed by atoms with Crippen LogP contribution < -0.4 is 4.74 Å². The lowest BCUT2D eigenvalue weighted by atomic mass is 10.0. The quantitative estimate of drug-likeness (QED) is 0.432. The Bertz CT molecular complexity index is 802. The second-order valence-corrected chi connectivity index (χ2v) is 5.87. The van der Waals surface area contributed by atoms with Gasteiger partial charge in [-0.3, -0.25) is 9.78 Å². The molecule has 26 heavy (non-hydrogen) atoms. The summed E-state index contributed by atoms with van der Waals surface area (Å²) in [6.45, 7) is 1.56. The van der Waals surface area contributed by atoms with Gasteiger partial charge >= 0.3 is 0 Å². The maximum absolute atomic E-state index is 12.3. The highest BCUT2D eigenvalue weighted by Crippen LogP contribution is 2.14. The minimum Gasteiger partial charge on any atom is -0.491 e. The maximum Gasteiger partial charge on any atom is 0.167 e. The number of hydrogen-bond donors (Lipinski definition) is 0. The Labute approximate surface area is 153 Å². The Balaban J connectivity index is 1.40. The van der Waals surface area contributed by atoms with E-state index in [9.17, 15) is 4.79 Å². The van der Waals surface area contributed by atoms with Gasteiger partial charge in [0.1, 0.15) is 12.4 Å². The van der Waals surface area contributed by atoms with Crippen molar-refractivity contribution in [2.45, 2.75) is 13.0 Å². The molecule has 0 saturated carbocycles. The maximum atomic E-state index is 12.3. The monoisotopic (exact) mass is 347 g/mol. The van der Waals surface area contributed by atoms with Gasteiger partial charge in [0.15, 0.2) is 5.78 Å². The van der Waals surface area contributed by atoms with E-state index in [-0.39, 0.29) is 5.78 Å². The van der Waals surface area contributed by atoms with E-state index in [1.165, 1.54) is 0 Å². The van der Waals surface area contributed by atoms with Crippen molar-refractivity contribution in [3.8, 4) is 5.75 Å². The Kier molecular flexibility index (Phi) is 6.51. The number of hydrogen-bond acceptors (Lipinski definition) is 4. The zero-order chi connectivity index (χ0) is 18.0. The molecule has 0 fully saturated rings. The van der Waals surface area contributed by atoms with Gasteiger partial charge in [0.2, 0.25) is 0 Å². The van der Waals surface area contributed by atoms with Gasteiger partial charge in [0.25, 0.3) is 0 Å². The van der Waals surface area contributed by atoms with E-state index in [0.29, 0.717) is 31.8 Å². The van der Waals surface area contributed by atoms with Crippen molar-refractivity contribution in [3.05, 3.63) is 95.8 Å². The molecule has 0 saturated heterocycles. The normalized spacial score (nSPS) is 10.5. The zero-order valence-electron chi connectivity index (χ0n) is 14.5. The van der Waals surface area contributed by atoms with Crippen LogP contribution in [0, 0.1) is 0 Å². The Morgan fingerprint density at radius 2 is 1.54 bits per heavy atom. The number of Topliss-reactive ketones (excluding diaryl/α,β-unsaturated/α-hetero) is 1. The average Bonchev–Trinajstić information content (AvgIpc) is 2.70. The first-order chi connectivity index (χ1) is 12.8. The molecule has 0 bridgehead atoms. The van der Waals surface area contributed by atoms with Crippen LogP contribution in [0.3, 0.4) is 0 Å². The molecular weight excluding hydrogens is 326 g/mol. The van der Waals surface area contributed by atoms with Gasteiger partial charge in [0, 0.05) is 24.4 Å². The van der Waals surface area contributed by atoms with E-state index in [2.05, 4.69) is 4.98 Å². The van der Waals surface area contributed by atoms with Gasteiger partial charge in [-0.05, 0) is 47.5 Å². The van der Waals surface area contributed by atoms with Crippen LogP contribution >= 0.6 is 0 Å². The first-order valence-corrected chi connectivity index (χ1v) is 8.58. The van der Waals surface area contributed by atoms with Crippen molar-refractivity contribution in [1.29, 1.82) is 0 Å². The lowest BCUT2D eigenvalue weighted by molar-refractivity contribution is 0.0889. The number of ether oxygens (including phenoxy) is 2. The largest absolute Gasteiger partial charge is 0.491 e. The molecule has 0 amide bonds. The van der Waals surface area contributed by atoms with Crippen molar-refractivity contribution in [2.24, 2.45) is 0 Å². The van der Waals surface area contributed by atoms with Crippen LogP contribution in [0.4, 0.5) is 0 Å². The fourth-order valence-electron chi connectivity index (χ4n) is 2.51. The predicted molar refractivity (Wildman–Crippen MR) is 100 cm³/mol. The van der Waals surface area contributed by atoms with Crippen LogP contribution in [0.5, 0.6) is 5.75 Å². The summed E-state index contributed by atoms with van der Waals surface area (Å²) in [6, 6.07) is 21.0. The van der Waals surface area contributed by atoms with Gasteiger partial charge in [0.05, 0.1) is 13.2 Å². The molecule has 0 aliphatic heterocycles. The molecule has 4 heteroatoms. The fraction of sp³-hybridized carbons (Fsp3) is 0.182. The van der Waals surface area contributed by atoms with Gasteiger partial charge in [-0.2, -0.15) is 0 Å². The molecule has 2 aromatic carbocycles. The SMILES string of the molecule is O=C(Cc1ccncc1)c1ccc(OCCOCc2ccccc2)cc1. The number of aromatic nitrogens is 1. The highest BCUT2D eigenvalue weighted by atomic mass is 16.5. The van der Waals surface area contributed by atoms with Crippen LogP contribution in [-0.2, 0) is 17.8 Å². The van der Waals surface area contributed by atoms with E-state index in [0.717, 1.165) is 16.9 Å². The lowest BCUT2D eigenvalue weighted by Gasteiger charge is -2.08. The number of benzene rings is 2. The van der Waals surface area contributed by atoms with Gasteiger partial charge in [-0.15, -0.1) is 0 Å². The minimum absolute atomic E-state index is 0.0777. The summed E-state index contributed by atoms with van der Waals surface area (Å²) < 4.78 is 11.2. The topological polar surface area (TPSA) is 48.4 Å². The number of nitrogens with zero attached hydrogens (tertiary/aromatic N) is 1. The minimum atomic E-state index is 0.0777. The third kappa shape index (κ3) is 5.53. The summed E-state index contributed by atoms with van der Waals surface area (Å²) in [5, 5.41) is 0. The summed E-state index contributed by atoms with van der Waals surface area (Å²) in [5.74, 6) is 0.808. The van der Waals surface area contributed by atoms with E-state index < -0.39 is 0 Å². The molecule has 3 rings (SSSR count). The molecule has 4 nitrogen and oxygen atoms in total. The third-order valence-electron chi connectivity index (χ3n) is 3.90. The molecule has 0 unspecified atom stereocenters. The summed E-state index contributed by atoms with van der Waals surface area (Å²) >= 11 is 0. The molecule has 132 valence electrons. The van der Waals surface area contributed by atoms with Crippen molar-refractivity contribution < 1.29 is 14.3 Å². The van der Waals surface area contributed by atoms with E-state index in [1.54, 1.807) is 24.5 Å². The molecule has 0 aliphatic rings. The Morgan fingerprint density at radius 1 is 0.808 bits per heavy atom. The molecule has 0 spiro atoms. The van der Waals surface area contributed by atoms with E-state index >= 15 is 0 Å². The standard InChI is InChI=1S/C22H21NO3/c24-22(16-18-10-12-23-13-11-18)20-6-8-21(9-7-20)26-15-14-25-17-19-4-2-1-3-5-19/h1-13H,14-17H2. The molecule has 0 radical (unpaired) electrons. The predicted octanol–water partition coefficient (Wildman–Crippen LogP) is 4.10. The average molecular weight is 347 g/mol. The molecule has 1 heterocycles. The van der Waals surface area contributed by atoms with Gasteiger partial charge in [-0.25, -0.2) is 0 Å². The molecular formula is C22H21NO3. The van der Waals surface area contributed by atoms with Gasteiger partial charge in [-0.1, -0.05) is 30.3 Å². The van der Waals surface area contributed by atoms with Crippen LogP contribution in [0.15, 0.2) is 79.1 Å². The van der Waals surface area contributed by atoms with Gasteiger partial charge < -0.3 is 9.47 Å². The first kappa shape index (κ1) is 17.8. The summed E-state index contributed by atoms with van der Waals surface area (Å²) in [4.78, 5) is 16.2. The number of pyridine rings is 1. The van der Waals surface area contributed by atoms with Crippen LogP contribution in [0.2, 0.25) is 0 Å². The third-order valence-corrected chi connectivity index (χ3v) is 3.90. The van der Waals surface area contributed by atoms with Crippen molar-refractivity contribution >= 4 is 5.78 Å². The summed E-state index contributed by atoms with van der Waals surface area (Å²) in [5.41, 5.74) is 2.78. The van der Waals surface area contributed by atoms with E-state index in [1.807, 2.05) is 54.6 Å². The van der Waals surface area contributed by atoms with Crippen LogP contribution in [-0.4, -0.2) is 24.0 Å². The van der Waals surface area contributed by atoms with Crippen molar-refractivity contribution in [3.63, 3.8) is 0 Å². The number of rotatable bonds is 9. The van der Waals surface area contributed by atoms with Crippen molar-refractivity contribution in [1.82, 2.24) is 4.98 Å². The summed E-state index contributed by atoms with van der Waals surface area (Å²) in [6.07, 6.45) is 3.76. The lowest BCUT2D eigenvalue weighted by Crippen LogP contribution is -2.07. The van der Waals surface area contributed by atoms with E-state index in [4.69, 9.17) is 9.47 Å². The van der Waals surface area contributed by atoms with Crippen LogP contribution in [0.25, 0.3) is 0 Å². The second kappa shape index (κ2) is 9.49. The number of carbonyl (C=O) groups is 1. The Morgan fingerprint density at radius 3 is 2.27 bits per heavy atom. The summed E-state index contributed by atoms with van der Waals surface area (Å²) in [7, 11) is 0.